The van der Waals surface area contributed by atoms with Crippen molar-refractivity contribution in [2.45, 2.75) is 13.8 Å². The highest BCUT2D eigenvalue weighted by molar-refractivity contribution is 6.33. The molecule has 0 radical (unpaired) electrons. The lowest BCUT2D eigenvalue weighted by atomic mass is 10.1. The van der Waals surface area contributed by atoms with Gasteiger partial charge in [-0.2, -0.15) is 0 Å². The topological polar surface area (TPSA) is 80.5 Å². The van der Waals surface area contributed by atoms with Gasteiger partial charge in [0.25, 0.3) is 0 Å². The van der Waals surface area contributed by atoms with E-state index in [1.165, 1.54) is 0 Å². The summed E-state index contributed by atoms with van der Waals surface area (Å²) in [5, 5.41) is 16.0. The molecule has 0 spiro atoms. The molecule has 5 aromatic rings. The third kappa shape index (κ3) is 4.89. The van der Waals surface area contributed by atoms with Crippen LogP contribution in [0.4, 0.5) is 22.7 Å². The summed E-state index contributed by atoms with van der Waals surface area (Å²) in [6.45, 7) is 3.90. The van der Waals surface area contributed by atoms with Crippen molar-refractivity contribution in [3.05, 3.63) is 102 Å². The molecule has 0 aliphatic heterocycles. The Labute approximate surface area is 202 Å². The fraction of sp³-hybridized carbons (Fsp3) is 0.0769. The number of nitrogens with zero attached hydrogens (tertiary/aromatic N) is 5. The molecule has 34 heavy (non-hydrogen) atoms. The minimum absolute atomic E-state index is 0.575. The predicted molar refractivity (Wildman–Crippen MR) is 136 cm³/mol. The molecule has 0 atom stereocenters. The van der Waals surface area contributed by atoms with Crippen molar-refractivity contribution < 1.29 is 0 Å². The summed E-state index contributed by atoms with van der Waals surface area (Å²) in [5.74, 6) is 0. The quantitative estimate of drug-likeness (QED) is 0.297. The second-order valence-electron chi connectivity index (χ2n) is 7.92. The summed E-state index contributed by atoms with van der Waals surface area (Å²) in [5.41, 5.74) is 8.23. The lowest BCUT2D eigenvalue weighted by Gasteiger charge is -2.09. The van der Waals surface area contributed by atoms with Gasteiger partial charge in [0.15, 0.2) is 0 Å². The minimum atomic E-state index is 0.575. The van der Waals surface area contributed by atoms with E-state index in [0.29, 0.717) is 5.02 Å². The lowest BCUT2D eigenvalue weighted by Crippen LogP contribution is -1.97. The SMILES string of the molecule is Cc1cc(Nc2cccc(-c3cn(-c4ccc(Nc5cc(C)ncc5Cl)cc4)nn3)c2)ccn1. The minimum Gasteiger partial charge on any atom is -0.355 e. The van der Waals surface area contributed by atoms with Crippen LogP contribution in [-0.4, -0.2) is 25.0 Å². The van der Waals surface area contributed by atoms with Gasteiger partial charge in [0, 0.05) is 46.4 Å². The van der Waals surface area contributed by atoms with E-state index in [4.69, 9.17) is 11.6 Å². The van der Waals surface area contributed by atoms with Crippen molar-refractivity contribution >= 4 is 34.4 Å². The van der Waals surface area contributed by atoms with Gasteiger partial charge >= 0.3 is 0 Å². The Morgan fingerprint density at radius 1 is 0.794 bits per heavy atom. The molecule has 5 rings (SSSR count). The highest BCUT2D eigenvalue weighted by atomic mass is 35.5. The van der Waals surface area contributed by atoms with Gasteiger partial charge in [0.05, 0.1) is 22.6 Å². The van der Waals surface area contributed by atoms with Crippen molar-refractivity contribution in [1.29, 1.82) is 0 Å². The zero-order chi connectivity index (χ0) is 23.5. The molecule has 0 bridgehead atoms. The summed E-state index contributed by atoms with van der Waals surface area (Å²) >= 11 is 6.24. The molecule has 0 saturated heterocycles. The molecule has 2 N–H and O–H groups in total. The zero-order valence-electron chi connectivity index (χ0n) is 18.7. The number of pyridine rings is 2. The van der Waals surface area contributed by atoms with Crippen LogP contribution in [0.15, 0.2) is 85.3 Å². The van der Waals surface area contributed by atoms with Crippen molar-refractivity contribution in [2.24, 2.45) is 0 Å². The molecule has 7 nitrogen and oxygen atoms in total. The summed E-state index contributed by atoms with van der Waals surface area (Å²) in [6, 6.07) is 21.9. The van der Waals surface area contributed by atoms with Crippen LogP contribution in [0.3, 0.4) is 0 Å². The van der Waals surface area contributed by atoms with Crippen LogP contribution in [0.25, 0.3) is 16.9 Å². The number of rotatable bonds is 6. The van der Waals surface area contributed by atoms with Crippen molar-refractivity contribution in [1.82, 2.24) is 25.0 Å². The van der Waals surface area contributed by atoms with E-state index in [-0.39, 0.29) is 0 Å². The fourth-order valence-electron chi connectivity index (χ4n) is 3.56. The van der Waals surface area contributed by atoms with E-state index in [0.717, 1.165) is 51.1 Å². The van der Waals surface area contributed by atoms with Crippen LogP contribution in [0.2, 0.25) is 5.02 Å². The van der Waals surface area contributed by atoms with Crippen LogP contribution in [0.5, 0.6) is 0 Å². The number of aryl methyl sites for hydroxylation is 2. The molecule has 0 aliphatic carbocycles. The van der Waals surface area contributed by atoms with Gasteiger partial charge < -0.3 is 10.6 Å². The van der Waals surface area contributed by atoms with Gasteiger partial charge in [-0.05, 0) is 68.4 Å². The van der Waals surface area contributed by atoms with Gasteiger partial charge in [-0.25, -0.2) is 4.68 Å². The number of hydrogen-bond donors (Lipinski definition) is 2. The normalized spacial score (nSPS) is 10.8. The predicted octanol–water partition coefficient (Wildman–Crippen LogP) is 6.48. The van der Waals surface area contributed by atoms with E-state index in [2.05, 4.69) is 37.0 Å². The van der Waals surface area contributed by atoms with Crippen molar-refractivity contribution in [3.8, 4) is 16.9 Å². The number of hydrogen-bond acceptors (Lipinski definition) is 6. The summed E-state index contributed by atoms with van der Waals surface area (Å²) < 4.78 is 1.76. The second-order valence-corrected chi connectivity index (χ2v) is 8.32. The third-order valence-corrected chi connectivity index (χ3v) is 5.54. The Balaban J connectivity index is 1.32. The maximum Gasteiger partial charge on any atom is 0.113 e. The molecular weight excluding hydrogens is 446 g/mol. The van der Waals surface area contributed by atoms with Crippen molar-refractivity contribution in [3.63, 3.8) is 0 Å². The number of halogens is 1. The maximum absolute atomic E-state index is 6.24. The van der Waals surface area contributed by atoms with Crippen LogP contribution < -0.4 is 10.6 Å². The molecule has 2 aromatic carbocycles. The molecule has 0 aliphatic rings. The van der Waals surface area contributed by atoms with Gasteiger partial charge in [-0.15, -0.1) is 5.10 Å². The standard InChI is InChI=1S/C26H22ClN7/c1-17-12-22(10-11-28-17)30-21-5-3-4-19(14-21)26-16-34(33-32-26)23-8-6-20(7-9-23)31-25-13-18(2)29-15-24(25)27/h3-16H,1-2H3,(H,28,30)(H,29,31). The number of aromatic nitrogens is 5. The second kappa shape index (κ2) is 9.33. The zero-order valence-corrected chi connectivity index (χ0v) is 19.5. The molecular formula is C26H22ClN7. The first-order valence-electron chi connectivity index (χ1n) is 10.8. The monoisotopic (exact) mass is 467 g/mol. The fourth-order valence-corrected chi connectivity index (χ4v) is 3.71. The van der Waals surface area contributed by atoms with E-state index in [1.54, 1.807) is 17.1 Å². The number of anilines is 4. The maximum atomic E-state index is 6.24. The Bertz CT molecular complexity index is 1440. The van der Waals surface area contributed by atoms with E-state index >= 15 is 0 Å². The molecule has 168 valence electrons. The highest BCUT2D eigenvalue weighted by Crippen LogP contribution is 2.27. The van der Waals surface area contributed by atoms with Crippen molar-refractivity contribution in [2.75, 3.05) is 10.6 Å². The third-order valence-electron chi connectivity index (χ3n) is 5.24. The van der Waals surface area contributed by atoms with E-state index < -0.39 is 0 Å². The summed E-state index contributed by atoms with van der Waals surface area (Å²) in [6.07, 6.45) is 5.36. The average Bonchev–Trinajstić information content (AvgIpc) is 3.33. The largest absolute Gasteiger partial charge is 0.355 e. The average molecular weight is 468 g/mol. The van der Waals surface area contributed by atoms with Crippen LogP contribution in [0.1, 0.15) is 11.4 Å². The molecule has 0 fully saturated rings. The van der Waals surface area contributed by atoms with Crippen LogP contribution in [-0.2, 0) is 0 Å². The van der Waals surface area contributed by atoms with Gasteiger partial charge in [-0.1, -0.05) is 28.9 Å². The first-order valence-corrected chi connectivity index (χ1v) is 11.1. The summed E-state index contributed by atoms with van der Waals surface area (Å²) in [4.78, 5) is 8.43. The molecule has 0 unspecified atom stereocenters. The highest BCUT2D eigenvalue weighted by Gasteiger charge is 2.08. The molecule has 0 saturated carbocycles. The smallest absolute Gasteiger partial charge is 0.113 e. The Morgan fingerprint density at radius 3 is 2.41 bits per heavy atom. The lowest BCUT2D eigenvalue weighted by molar-refractivity contribution is 0.804. The number of benzene rings is 2. The molecule has 8 heteroatoms. The van der Waals surface area contributed by atoms with Gasteiger partial charge in [0.2, 0.25) is 0 Å². The van der Waals surface area contributed by atoms with Crippen LogP contribution >= 0.6 is 11.6 Å². The Morgan fingerprint density at radius 2 is 1.59 bits per heavy atom. The number of nitrogens with one attached hydrogen (secondary N) is 2. The first-order chi connectivity index (χ1) is 16.5. The molecule has 3 heterocycles. The van der Waals surface area contributed by atoms with E-state index in [9.17, 15) is 0 Å². The van der Waals surface area contributed by atoms with Gasteiger partial charge in [0.1, 0.15) is 5.69 Å². The summed E-state index contributed by atoms with van der Waals surface area (Å²) in [7, 11) is 0. The van der Waals surface area contributed by atoms with Crippen LogP contribution in [0, 0.1) is 13.8 Å². The molecule has 3 aromatic heterocycles. The van der Waals surface area contributed by atoms with Gasteiger partial charge in [-0.3, -0.25) is 9.97 Å². The Kier molecular flexibility index (Phi) is 5.93. The Hall–Kier alpha value is -4.23. The first kappa shape index (κ1) is 21.6. The van der Waals surface area contributed by atoms with E-state index in [1.807, 2.05) is 80.7 Å². The molecule has 0 amide bonds.